The number of amides is 4. The second kappa shape index (κ2) is 5.71. The van der Waals surface area contributed by atoms with Crippen molar-refractivity contribution in [2.24, 2.45) is 0 Å². The molecule has 6 nitrogen and oxygen atoms in total. The first-order valence-electron chi connectivity index (χ1n) is 7.37. The SMILES string of the molecule is O=C(CN1C(=O)C(=O)N(C2CCCC2)C1=O)c1ccccc1. The second-order valence-corrected chi connectivity index (χ2v) is 5.58. The van der Waals surface area contributed by atoms with Crippen molar-refractivity contribution in [1.82, 2.24) is 9.80 Å². The quantitative estimate of drug-likeness (QED) is 0.481. The first-order chi connectivity index (χ1) is 10.6. The van der Waals surface area contributed by atoms with Crippen LogP contribution in [0.25, 0.3) is 0 Å². The highest BCUT2D eigenvalue weighted by Crippen LogP contribution is 2.27. The van der Waals surface area contributed by atoms with E-state index in [0.717, 1.165) is 35.5 Å². The monoisotopic (exact) mass is 300 g/mol. The van der Waals surface area contributed by atoms with Crippen LogP contribution in [0.1, 0.15) is 36.0 Å². The van der Waals surface area contributed by atoms with Gasteiger partial charge in [-0.05, 0) is 12.8 Å². The average Bonchev–Trinajstić information content (AvgIpc) is 3.12. The normalized spacial score (nSPS) is 19.4. The van der Waals surface area contributed by atoms with Crippen LogP contribution in [-0.2, 0) is 9.59 Å². The summed E-state index contributed by atoms with van der Waals surface area (Å²) in [6.07, 6.45) is 3.34. The summed E-state index contributed by atoms with van der Waals surface area (Å²) in [4.78, 5) is 50.3. The highest BCUT2D eigenvalue weighted by atomic mass is 16.2. The molecule has 1 aromatic rings. The van der Waals surface area contributed by atoms with Gasteiger partial charge in [0.25, 0.3) is 0 Å². The number of benzene rings is 1. The molecule has 0 N–H and O–H groups in total. The van der Waals surface area contributed by atoms with E-state index >= 15 is 0 Å². The lowest BCUT2D eigenvalue weighted by atomic mass is 10.1. The first kappa shape index (κ1) is 14.4. The van der Waals surface area contributed by atoms with Gasteiger partial charge in [0.15, 0.2) is 5.78 Å². The van der Waals surface area contributed by atoms with Gasteiger partial charge in [0.2, 0.25) is 0 Å². The molecule has 114 valence electrons. The number of carbonyl (C=O) groups is 4. The standard InChI is InChI=1S/C16H16N2O4/c19-13(11-6-2-1-3-7-11)10-17-14(20)15(21)18(16(17)22)12-8-4-5-9-12/h1-3,6-7,12H,4-5,8-10H2. The van der Waals surface area contributed by atoms with Crippen molar-refractivity contribution in [2.75, 3.05) is 6.54 Å². The topological polar surface area (TPSA) is 74.8 Å². The van der Waals surface area contributed by atoms with E-state index in [1.807, 2.05) is 0 Å². The van der Waals surface area contributed by atoms with Gasteiger partial charge in [-0.2, -0.15) is 0 Å². The molecule has 3 rings (SSSR count). The molecule has 1 saturated carbocycles. The Hall–Kier alpha value is -2.50. The molecule has 1 aromatic carbocycles. The maximum Gasteiger partial charge on any atom is 0.334 e. The fourth-order valence-electron chi connectivity index (χ4n) is 3.01. The minimum Gasteiger partial charge on any atom is -0.292 e. The minimum atomic E-state index is -0.902. The van der Waals surface area contributed by atoms with Crippen molar-refractivity contribution in [3.05, 3.63) is 35.9 Å². The molecule has 1 saturated heterocycles. The predicted octanol–water partition coefficient (Wildman–Crippen LogP) is 1.60. The summed E-state index contributed by atoms with van der Waals surface area (Å²) >= 11 is 0. The Bertz CT molecular complexity index is 635. The van der Waals surface area contributed by atoms with E-state index in [1.165, 1.54) is 0 Å². The van der Waals surface area contributed by atoms with Crippen molar-refractivity contribution in [2.45, 2.75) is 31.7 Å². The molecular formula is C16H16N2O4. The number of nitrogens with zero attached hydrogens (tertiary/aromatic N) is 2. The minimum absolute atomic E-state index is 0.208. The highest BCUT2D eigenvalue weighted by Gasteiger charge is 2.48. The van der Waals surface area contributed by atoms with Gasteiger partial charge in [0, 0.05) is 11.6 Å². The molecule has 1 aliphatic carbocycles. The van der Waals surface area contributed by atoms with Crippen molar-refractivity contribution in [1.29, 1.82) is 0 Å². The summed E-state index contributed by atoms with van der Waals surface area (Å²) in [7, 11) is 0. The lowest BCUT2D eigenvalue weighted by Gasteiger charge is -2.20. The van der Waals surface area contributed by atoms with Gasteiger partial charge >= 0.3 is 17.8 Å². The molecule has 1 aliphatic heterocycles. The number of Topliss-reactive ketones (excluding diaryl/α,β-unsaturated/α-hetero) is 1. The molecular weight excluding hydrogens is 284 g/mol. The van der Waals surface area contributed by atoms with Crippen molar-refractivity contribution < 1.29 is 19.2 Å². The number of rotatable bonds is 4. The summed E-state index contributed by atoms with van der Waals surface area (Å²) in [5.41, 5.74) is 0.412. The molecule has 2 fully saturated rings. The van der Waals surface area contributed by atoms with Crippen LogP contribution in [-0.4, -0.2) is 46.0 Å². The van der Waals surface area contributed by atoms with Crippen molar-refractivity contribution >= 4 is 23.6 Å². The fourth-order valence-corrected chi connectivity index (χ4v) is 3.01. The Kier molecular flexibility index (Phi) is 3.75. The molecule has 0 bridgehead atoms. The molecule has 1 heterocycles. The lowest BCUT2D eigenvalue weighted by molar-refractivity contribution is -0.143. The molecule has 6 heteroatoms. The molecule has 0 aromatic heterocycles. The van der Waals surface area contributed by atoms with Gasteiger partial charge in [-0.25, -0.2) is 9.69 Å². The highest BCUT2D eigenvalue weighted by molar-refractivity contribution is 6.45. The van der Waals surface area contributed by atoms with Crippen LogP contribution in [0.5, 0.6) is 0 Å². The van der Waals surface area contributed by atoms with Crippen LogP contribution in [0.4, 0.5) is 4.79 Å². The average molecular weight is 300 g/mol. The number of urea groups is 1. The van der Waals surface area contributed by atoms with Gasteiger partial charge in [-0.3, -0.25) is 19.3 Å². The number of carbonyl (C=O) groups excluding carboxylic acids is 4. The lowest BCUT2D eigenvalue weighted by Crippen LogP contribution is -2.41. The summed E-state index contributed by atoms with van der Waals surface area (Å²) < 4.78 is 0. The molecule has 0 radical (unpaired) electrons. The number of hydrogen-bond acceptors (Lipinski definition) is 4. The summed E-state index contributed by atoms with van der Waals surface area (Å²) in [6.45, 7) is -0.392. The van der Waals surface area contributed by atoms with E-state index in [2.05, 4.69) is 0 Å². The smallest absolute Gasteiger partial charge is 0.292 e. The van der Waals surface area contributed by atoms with Gasteiger partial charge in [-0.15, -0.1) is 0 Å². The number of hydrogen-bond donors (Lipinski definition) is 0. The van der Waals surface area contributed by atoms with Gasteiger partial charge in [0.05, 0.1) is 6.54 Å². The third-order valence-corrected chi connectivity index (χ3v) is 4.17. The van der Waals surface area contributed by atoms with Gasteiger partial charge in [-0.1, -0.05) is 43.2 Å². The Morgan fingerprint density at radius 2 is 1.64 bits per heavy atom. The van der Waals surface area contributed by atoms with Crippen molar-refractivity contribution in [3.8, 4) is 0 Å². The molecule has 4 amide bonds. The molecule has 2 aliphatic rings. The Balaban J connectivity index is 1.76. The van der Waals surface area contributed by atoms with Gasteiger partial charge < -0.3 is 0 Å². The molecule has 0 atom stereocenters. The Morgan fingerprint density at radius 3 is 2.27 bits per heavy atom. The van der Waals surface area contributed by atoms with E-state index < -0.39 is 24.4 Å². The van der Waals surface area contributed by atoms with E-state index in [-0.39, 0.29) is 11.8 Å². The zero-order chi connectivity index (χ0) is 15.7. The Labute approximate surface area is 127 Å². The van der Waals surface area contributed by atoms with E-state index in [9.17, 15) is 19.2 Å². The van der Waals surface area contributed by atoms with E-state index in [4.69, 9.17) is 0 Å². The van der Waals surface area contributed by atoms with Crippen molar-refractivity contribution in [3.63, 3.8) is 0 Å². The van der Waals surface area contributed by atoms with Crippen LogP contribution >= 0.6 is 0 Å². The van der Waals surface area contributed by atoms with Crippen LogP contribution in [0.3, 0.4) is 0 Å². The fraction of sp³-hybridized carbons (Fsp3) is 0.375. The van der Waals surface area contributed by atoms with E-state index in [1.54, 1.807) is 30.3 Å². The van der Waals surface area contributed by atoms with Crippen LogP contribution < -0.4 is 0 Å². The zero-order valence-electron chi connectivity index (χ0n) is 12.0. The molecule has 0 unspecified atom stereocenters. The Morgan fingerprint density at radius 1 is 1.00 bits per heavy atom. The number of imide groups is 2. The first-order valence-corrected chi connectivity index (χ1v) is 7.37. The summed E-state index contributed by atoms with van der Waals surface area (Å²) in [5.74, 6) is -2.07. The zero-order valence-corrected chi connectivity index (χ0v) is 12.0. The third kappa shape index (κ3) is 2.41. The van der Waals surface area contributed by atoms with E-state index in [0.29, 0.717) is 5.56 Å². The van der Waals surface area contributed by atoms with Crippen LogP contribution in [0, 0.1) is 0 Å². The molecule has 22 heavy (non-hydrogen) atoms. The predicted molar refractivity (Wildman–Crippen MR) is 77.0 cm³/mol. The maximum absolute atomic E-state index is 12.3. The van der Waals surface area contributed by atoms with Crippen LogP contribution in [0.2, 0.25) is 0 Å². The largest absolute Gasteiger partial charge is 0.334 e. The third-order valence-electron chi connectivity index (χ3n) is 4.17. The summed E-state index contributed by atoms with van der Waals surface area (Å²) in [5, 5.41) is 0. The molecule has 0 spiro atoms. The van der Waals surface area contributed by atoms with Gasteiger partial charge in [0.1, 0.15) is 0 Å². The second-order valence-electron chi connectivity index (χ2n) is 5.58. The maximum atomic E-state index is 12.3. The summed E-state index contributed by atoms with van der Waals surface area (Å²) in [6, 6.07) is 7.54. The number of ketones is 1. The van der Waals surface area contributed by atoms with Crippen LogP contribution in [0.15, 0.2) is 30.3 Å².